The number of carbonyl (C=O) groups excluding carboxylic acids is 1. The van der Waals surface area contributed by atoms with Gasteiger partial charge in [-0.25, -0.2) is 0 Å². The highest BCUT2D eigenvalue weighted by Crippen LogP contribution is 2.11. The van der Waals surface area contributed by atoms with Gasteiger partial charge in [-0.05, 0) is 35.6 Å². The van der Waals surface area contributed by atoms with Gasteiger partial charge in [0.1, 0.15) is 5.75 Å². The zero-order chi connectivity index (χ0) is 12.1. The van der Waals surface area contributed by atoms with Crippen molar-refractivity contribution in [1.29, 1.82) is 0 Å². The van der Waals surface area contributed by atoms with Crippen LogP contribution in [0.1, 0.15) is 15.2 Å². The van der Waals surface area contributed by atoms with Gasteiger partial charge in [0.2, 0.25) is 0 Å². The zero-order valence-corrected chi connectivity index (χ0v) is 10.0. The van der Waals surface area contributed by atoms with Crippen LogP contribution in [0.4, 0.5) is 0 Å². The van der Waals surface area contributed by atoms with E-state index in [0.717, 1.165) is 10.4 Å². The van der Waals surface area contributed by atoms with E-state index in [-0.39, 0.29) is 11.7 Å². The molecular formula is C13H13NO2S. The molecule has 0 saturated heterocycles. The number of benzene rings is 1. The van der Waals surface area contributed by atoms with Gasteiger partial charge in [0, 0.05) is 6.54 Å². The molecule has 1 amide bonds. The quantitative estimate of drug-likeness (QED) is 0.871. The maximum atomic E-state index is 11.6. The van der Waals surface area contributed by atoms with Crippen LogP contribution in [0.5, 0.6) is 5.75 Å². The Morgan fingerprint density at radius 3 is 2.88 bits per heavy atom. The first kappa shape index (κ1) is 11.7. The number of thiophene rings is 1. The smallest absolute Gasteiger partial charge is 0.261 e. The Labute approximate surface area is 104 Å². The fraction of sp³-hybridized carbons (Fsp3) is 0.154. The zero-order valence-electron chi connectivity index (χ0n) is 9.22. The monoisotopic (exact) mass is 247 g/mol. The molecule has 1 heterocycles. The fourth-order valence-corrected chi connectivity index (χ4v) is 2.17. The Morgan fingerprint density at radius 2 is 2.18 bits per heavy atom. The predicted octanol–water partition coefficient (Wildman–Crippen LogP) is 2.43. The van der Waals surface area contributed by atoms with Crippen molar-refractivity contribution in [3.05, 3.63) is 52.2 Å². The van der Waals surface area contributed by atoms with E-state index in [2.05, 4.69) is 5.32 Å². The van der Waals surface area contributed by atoms with Gasteiger partial charge in [-0.15, -0.1) is 11.3 Å². The van der Waals surface area contributed by atoms with Crippen molar-refractivity contribution in [1.82, 2.24) is 5.32 Å². The second-order valence-corrected chi connectivity index (χ2v) is 4.60. The summed E-state index contributed by atoms with van der Waals surface area (Å²) in [6.07, 6.45) is 0.714. The Hall–Kier alpha value is -1.81. The molecule has 2 N–H and O–H groups in total. The molecule has 1 aromatic carbocycles. The number of carbonyl (C=O) groups is 1. The number of hydrogen-bond acceptors (Lipinski definition) is 3. The SMILES string of the molecule is O=C(NCCc1cccc(O)c1)c1cccs1. The highest BCUT2D eigenvalue weighted by Gasteiger charge is 2.04. The Bertz CT molecular complexity index is 494. The predicted molar refractivity (Wildman–Crippen MR) is 68.5 cm³/mol. The Kier molecular flexibility index (Phi) is 3.77. The summed E-state index contributed by atoms with van der Waals surface area (Å²) in [5.41, 5.74) is 1.01. The Balaban J connectivity index is 1.82. The average Bonchev–Trinajstić information content (AvgIpc) is 2.82. The number of amides is 1. The van der Waals surface area contributed by atoms with Crippen molar-refractivity contribution in [2.75, 3.05) is 6.54 Å². The third-order valence-electron chi connectivity index (χ3n) is 2.35. The minimum atomic E-state index is -0.0415. The van der Waals surface area contributed by atoms with Crippen molar-refractivity contribution >= 4 is 17.2 Å². The molecule has 4 heteroatoms. The molecule has 0 aliphatic heterocycles. The maximum Gasteiger partial charge on any atom is 0.261 e. The molecule has 0 radical (unpaired) electrons. The summed E-state index contributed by atoms with van der Waals surface area (Å²) in [5.74, 6) is 0.215. The maximum absolute atomic E-state index is 11.6. The molecule has 2 rings (SSSR count). The van der Waals surface area contributed by atoms with Crippen LogP contribution in [0.2, 0.25) is 0 Å². The van der Waals surface area contributed by atoms with Crippen molar-refractivity contribution in [2.45, 2.75) is 6.42 Å². The van der Waals surface area contributed by atoms with E-state index in [9.17, 15) is 9.90 Å². The lowest BCUT2D eigenvalue weighted by atomic mass is 10.1. The molecule has 0 bridgehead atoms. The molecule has 2 aromatic rings. The summed E-state index contributed by atoms with van der Waals surface area (Å²) in [6.45, 7) is 0.570. The first-order valence-electron chi connectivity index (χ1n) is 5.35. The molecule has 1 aromatic heterocycles. The van der Waals surface area contributed by atoms with Crippen molar-refractivity contribution in [2.24, 2.45) is 0 Å². The second-order valence-electron chi connectivity index (χ2n) is 3.65. The lowest BCUT2D eigenvalue weighted by Crippen LogP contribution is -2.24. The van der Waals surface area contributed by atoms with Crippen LogP contribution in [0.15, 0.2) is 41.8 Å². The van der Waals surface area contributed by atoms with Gasteiger partial charge in [-0.3, -0.25) is 4.79 Å². The summed E-state index contributed by atoms with van der Waals surface area (Å²) in [6, 6.07) is 10.7. The van der Waals surface area contributed by atoms with E-state index >= 15 is 0 Å². The summed E-state index contributed by atoms with van der Waals surface area (Å²) >= 11 is 1.43. The van der Waals surface area contributed by atoms with Gasteiger partial charge < -0.3 is 10.4 Å². The topological polar surface area (TPSA) is 49.3 Å². The Morgan fingerprint density at radius 1 is 1.29 bits per heavy atom. The first-order valence-corrected chi connectivity index (χ1v) is 6.23. The number of phenols is 1. The van der Waals surface area contributed by atoms with Crippen LogP contribution < -0.4 is 5.32 Å². The van der Waals surface area contributed by atoms with Crippen LogP contribution in [0.3, 0.4) is 0 Å². The third-order valence-corrected chi connectivity index (χ3v) is 3.22. The summed E-state index contributed by atoms with van der Waals surface area (Å²) in [5, 5.41) is 14.0. The largest absolute Gasteiger partial charge is 0.508 e. The number of nitrogens with one attached hydrogen (secondary N) is 1. The van der Waals surface area contributed by atoms with Crippen LogP contribution >= 0.6 is 11.3 Å². The van der Waals surface area contributed by atoms with Gasteiger partial charge in [-0.1, -0.05) is 18.2 Å². The normalized spacial score (nSPS) is 10.1. The van der Waals surface area contributed by atoms with Gasteiger partial charge in [0.05, 0.1) is 4.88 Å². The van der Waals surface area contributed by atoms with Crippen LogP contribution in [0.25, 0.3) is 0 Å². The fourth-order valence-electron chi connectivity index (χ4n) is 1.53. The minimum absolute atomic E-state index is 0.0415. The molecule has 0 aliphatic carbocycles. The van der Waals surface area contributed by atoms with E-state index in [1.807, 2.05) is 17.5 Å². The van der Waals surface area contributed by atoms with Crippen molar-refractivity contribution < 1.29 is 9.90 Å². The van der Waals surface area contributed by atoms with Gasteiger partial charge in [0.15, 0.2) is 0 Å². The standard InChI is InChI=1S/C13H13NO2S/c15-11-4-1-3-10(9-11)6-7-14-13(16)12-5-2-8-17-12/h1-5,8-9,15H,6-7H2,(H,14,16). The van der Waals surface area contributed by atoms with Crippen LogP contribution in [0, 0.1) is 0 Å². The molecule has 0 saturated carbocycles. The molecule has 0 unspecified atom stereocenters. The summed E-state index contributed by atoms with van der Waals surface area (Å²) in [4.78, 5) is 12.3. The van der Waals surface area contributed by atoms with Crippen LogP contribution in [-0.2, 0) is 6.42 Å². The highest BCUT2D eigenvalue weighted by atomic mass is 32.1. The van der Waals surface area contributed by atoms with Crippen LogP contribution in [-0.4, -0.2) is 17.6 Å². The number of rotatable bonds is 4. The lowest BCUT2D eigenvalue weighted by Gasteiger charge is -2.04. The second kappa shape index (κ2) is 5.50. The van der Waals surface area contributed by atoms with E-state index in [4.69, 9.17) is 0 Å². The molecular weight excluding hydrogens is 234 g/mol. The average molecular weight is 247 g/mol. The van der Waals surface area contributed by atoms with E-state index < -0.39 is 0 Å². The molecule has 88 valence electrons. The summed E-state index contributed by atoms with van der Waals surface area (Å²) < 4.78 is 0. The number of phenolic OH excluding ortho intramolecular Hbond substituents is 1. The highest BCUT2D eigenvalue weighted by molar-refractivity contribution is 7.12. The van der Waals surface area contributed by atoms with Gasteiger partial charge >= 0.3 is 0 Å². The number of aromatic hydroxyl groups is 1. The molecule has 0 atom stereocenters. The molecule has 0 aliphatic rings. The third kappa shape index (κ3) is 3.32. The molecule has 0 spiro atoms. The number of hydrogen-bond donors (Lipinski definition) is 2. The van der Waals surface area contributed by atoms with Gasteiger partial charge in [0.25, 0.3) is 5.91 Å². The van der Waals surface area contributed by atoms with Crippen molar-refractivity contribution in [3.8, 4) is 5.75 Å². The van der Waals surface area contributed by atoms with Crippen molar-refractivity contribution in [3.63, 3.8) is 0 Å². The molecule has 0 fully saturated rings. The van der Waals surface area contributed by atoms with E-state index in [1.54, 1.807) is 24.3 Å². The van der Waals surface area contributed by atoms with Gasteiger partial charge in [-0.2, -0.15) is 0 Å². The van der Waals surface area contributed by atoms with E-state index in [0.29, 0.717) is 13.0 Å². The van der Waals surface area contributed by atoms with E-state index in [1.165, 1.54) is 11.3 Å². The lowest BCUT2D eigenvalue weighted by molar-refractivity contribution is 0.0958. The summed E-state index contributed by atoms with van der Waals surface area (Å²) in [7, 11) is 0. The molecule has 17 heavy (non-hydrogen) atoms. The first-order chi connectivity index (χ1) is 8.25. The minimum Gasteiger partial charge on any atom is -0.508 e. The molecule has 3 nitrogen and oxygen atoms in total.